The summed E-state index contributed by atoms with van der Waals surface area (Å²) in [5, 5.41) is 1.80. The van der Waals surface area contributed by atoms with E-state index in [-0.39, 0.29) is 0 Å². The second-order valence-corrected chi connectivity index (χ2v) is 3.79. The summed E-state index contributed by atoms with van der Waals surface area (Å²) in [6.45, 7) is 7.76. The van der Waals surface area contributed by atoms with Gasteiger partial charge in [0.05, 0.1) is 0 Å². The van der Waals surface area contributed by atoms with Crippen molar-refractivity contribution in [3.8, 4) is 0 Å². The fourth-order valence-electron chi connectivity index (χ4n) is 1.13. The molecule has 0 saturated carbocycles. The maximum absolute atomic E-state index is 5.87. The van der Waals surface area contributed by atoms with Crippen molar-refractivity contribution in [2.45, 2.75) is 18.7 Å². The van der Waals surface area contributed by atoms with E-state index in [4.69, 9.17) is 5.73 Å². The van der Waals surface area contributed by atoms with Gasteiger partial charge in [0.15, 0.2) is 0 Å². The normalized spacial score (nSPS) is 9.83. The van der Waals surface area contributed by atoms with Gasteiger partial charge in [-0.15, -0.1) is 0 Å². The zero-order valence-electron chi connectivity index (χ0n) is 7.42. The Hall–Kier alpha value is -0.890. The average Bonchev–Trinajstić information content (AvgIpc) is 2.00. The Morgan fingerprint density at radius 1 is 1.42 bits per heavy atom. The summed E-state index contributed by atoms with van der Waals surface area (Å²) in [6, 6.07) is 4.16. The summed E-state index contributed by atoms with van der Waals surface area (Å²) in [6.07, 6.45) is 0. The van der Waals surface area contributed by atoms with Crippen LogP contribution in [0.3, 0.4) is 0 Å². The van der Waals surface area contributed by atoms with Crippen LogP contribution in [0.1, 0.15) is 11.1 Å². The molecule has 0 spiro atoms. The zero-order valence-corrected chi connectivity index (χ0v) is 8.24. The Labute approximate surface area is 77.7 Å². The minimum atomic E-state index is 0.866. The Morgan fingerprint density at radius 2 is 2.08 bits per heavy atom. The Bertz CT molecular complexity index is 305. The molecule has 12 heavy (non-hydrogen) atoms. The molecule has 0 aliphatic rings. The molecule has 0 amide bonds. The maximum Gasteiger partial charge on any atom is 0.0485 e. The summed E-state index contributed by atoms with van der Waals surface area (Å²) in [5.74, 6) is 0. The molecule has 0 atom stereocenters. The molecule has 1 rings (SSSR count). The third-order valence-corrected chi connectivity index (χ3v) is 2.46. The number of benzene rings is 1. The van der Waals surface area contributed by atoms with Gasteiger partial charge in [0.25, 0.3) is 0 Å². The minimum Gasteiger partial charge on any atom is -0.398 e. The van der Waals surface area contributed by atoms with Gasteiger partial charge in [-0.1, -0.05) is 24.4 Å². The predicted molar refractivity (Wildman–Crippen MR) is 56.4 cm³/mol. The molecule has 64 valence electrons. The molecule has 0 heterocycles. The third kappa shape index (κ3) is 1.83. The molecule has 0 radical (unpaired) electrons. The van der Waals surface area contributed by atoms with Crippen LogP contribution in [0.4, 0.5) is 5.69 Å². The largest absolute Gasteiger partial charge is 0.398 e. The van der Waals surface area contributed by atoms with Gasteiger partial charge in [0.2, 0.25) is 0 Å². The van der Waals surface area contributed by atoms with Crippen molar-refractivity contribution >= 4 is 17.4 Å². The summed E-state index contributed by atoms with van der Waals surface area (Å²) in [5.41, 5.74) is 9.12. The van der Waals surface area contributed by atoms with Crippen LogP contribution >= 0.6 is 11.8 Å². The van der Waals surface area contributed by atoms with Crippen molar-refractivity contribution < 1.29 is 0 Å². The number of rotatable bonds is 2. The first-order valence-corrected chi connectivity index (χ1v) is 4.67. The Balaban J connectivity index is 3.17. The third-order valence-electron chi connectivity index (χ3n) is 1.70. The van der Waals surface area contributed by atoms with Crippen molar-refractivity contribution in [2.24, 2.45) is 0 Å². The molecule has 1 aromatic rings. The summed E-state index contributed by atoms with van der Waals surface area (Å²) < 4.78 is 0. The van der Waals surface area contributed by atoms with Gasteiger partial charge in [-0.25, -0.2) is 0 Å². The fraction of sp³-hybridized carbons (Fsp3) is 0.200. The molecule has 0 aliphatic carbocycles. The lowest BCUT2D eigenvalue weighted by molar-refractivity contribution is 1.30. The highest BCUT2D eigenvalue weighted by molar-refractivity contribution is 8.02. The topological polar surface area (TPSA) is 26.0 Å². The first-order chi connectivity index (χ1) is 5.65. The van der Waals surface area contributed by atoms with E-state index in [1.165, 1.54) is 5.56 Å². The van der Waals surface area contributed by atoms with Crippen LogP contribution in [0.2, 0.25) is 0 Å². The molecule has 1 aromatic carbocycles. The minimum absolute atomic E-state index is 0.866. The first kappa shape index (κ1) is 9.20. The van der Waals surface area contributed by atoms with E-state index >= 15 is 0 Å². The van der Waals surface area contributed by atoms with Crippen molar-refractivity contribution in [3.05, 3.63) is 35.2 Å². The molecule has 0 aromatic heterocycles. The highest BCUT2D eigenvalue weighted by Crippen LogP contribution is 2.29. The SMILES string of the molecule is C=CSc1cc(C)cc(C)c1N. The smallest absolute Gasteiger partial charge is 0.0485 e. The Kier molecular flexibility index (Phi) is 2.82. The number of hydrogen-bond acceptors (Lipinski definition) is 2. The van der Waals surface area contributed by atoms with E-state index in [1.54, 1.807) is 17.2 Å². The van der Waals surface area contributed by atoms with Crippen LogP contribution in [0, 0.1) is 13.8 Å². The number of anilines is 1. The molecule has 0 fully saturated rings. The quantitative estimate of drug-likeness (QED) is 0.557. The van der Waals surface area contributed by atoms with E-state index in [2.05, 4.69) is 25.6 Å². The number of thioether (sulfide) groups is 1. The fourth-order valence-corrected chi connectivity index (χ4v) is 1.85. The van der Waals surface area contributed by atoms with Gasteiger partial charge < -0.3 is 5.73 Å². The molecule has 1 nitrogen and oxygen atoms in total. The van der Waals surface area contributed by atoms with E-state index in [0.717, 1.165) is 16.1 Å². The molecule has 2 heteroatoms. The van der Waals surface area contributed by atoms with Crippen molar-refractivity contribution in [1.82, 2.24) is 0 Å². The van der Waals surface area contributed by atoms with Crippen molar-refractivity contribution in [2.75, 3.05) is 5.73 Å². The lowest BCUT2D eigenvalue weighted by Gasteiger charge is -2.06. The van der Waals surface area contributed by atoms with Gasteiger partial charge in [-0.05, 0) is 36.4 Å². The highest BCUT2D eigenvalue weighted by atomic mass is 32.2. The van der Waals surface area contributed by atoms with E-state index in [1.807, 2.05) is 6.92 Å². The maximum atomic E-state index is 5.87. The molecule has 0 unspecified atom stereocenters. The average molecular weight is 179 g/mol. The molecular weight excluding hydrogens is 166 g/mol. The van der Waals surface area contributed by atoms with Gasteiger partial charge in [0, 0.05) is 10.6 Å². The van der Waals surface area contributed by atoms with E-state index < -0.39 is 0 Å². The summed E-state index contributed by atoms with van der Waals surface area (Å²) in [4.78, 5) is 1.10. The zero-order chi connectivity index (χ0) is 9.14. The second kappa shape index (κ2) is 3.68. The van der Waals surface area contributed by atoms with Crippen LogP contribution in [0.25, 0.3) is 0 Å². The lowest BCUT2D eigenvalue weighted by atomic mass is 10.1. The monoisotopic (exact) mass is 179 g/mol. The summed E-state index contributed by atoms with van der Waals surface area (Å²) in [7, 11) is 0. The standard InChI is InChI=1S/C10H13NS/c1-4-12-9-6-7(2)5-8(3)10(9)11/h4-6H,1,11H2,2-3H3. The number of nitrogens with two attached hydrogens (primary N) is 1. The molecule has 0 saturated heterocycles. The van der Waals surface area contributed by atoms with E-state index in [9.17, 15) is 0 Å². The molecule has 0 bridgehead atoms. The first-order valence-electron chi connectivity index (χ1n) is 3.79. The van der Waals surface area contributed by atoms with Crippen molar-refractivity contribution in [1.29, 1.82) is 0 Å². The summed E-state index contributed by atoms with van der Waals surface area (Å²) >= 11 is 1.57. The molecular formula is C10H13NS. The second-order valence-electron chi connectivity index (χ2n) is 2.78. The lowest BCUT2D eigenvalue weighted by Crippen LogP contribution is -1.92. The Morgan fingerprint density at radius 3 is 2.67 bits per heavy atom. The van der Waals surface area contributed by atoms with Crippen LogP contribution in [-0.2, 0) is 0 Å². The van der Waals surface area contributed by atoms with Crippen LogP contribution in [0.15, 0.2) is 29.0 Å². The van der Waals surface area contributed by atoms with Gasteiger partial charge in [0.1, 0.15) is 0 Å². The van der Waals surface area contributed by atoms with E-state index in [0.29, 0.717) is 0 Å². The predicted octanol–water partition coefficient (Wildman–Crippen LogP) is 3.12. The number of nitrogen functional groups attached to an aromatic ring is 1. The van der Waals surface area contributed by atoms with Gasteiger partial charge >= 0.3 is 0 Å². The number of hydrogen-bond donors (Lipinski definition) is 1. The van der Waals surface area contributed by atoms with Crippen LogP contribution < -0.4 is 5.73 Å². The van der Waals surface area contributed by atoms with Gasteiger partial charge in [-0.3, -0.25) is 0 Å². The highest BCUT2D eigenvalue weighted by Gasteiger charge is 2.01. The molecule has 0 aliphatic heterocycles. The molecule has 2 N–H and O–H groups in total. The number of aryl methyl sites for hydroxylation is 2. The van der Waals surface area contributed by atoms with Gasteiger partial charge in [-0.2, -0.15) is 0 Å². The van der Waals surface area contributed by atoms with Crippen molar-refractivity contribution in [3.63, 3.8) is 0 Å². The van der Waals surface area contributed by atoms with Crippen LogP contribution in [-0.4, -0.2) is 0 Å². The van der Waals surface area contributed by atoms with Crippen LogP contribution in [0.5, 0.6) is 0 Å².